The molecule has 1 atom stereocenters. The van der Waals surface area contributed by atoms with Gasteiger partial charge in [-0.25, -0.2) is 14.4 Å². The van der Waals surface area contributed by atoms with Gasteiger partial charge >= 0.3 is 0 Å². The molecule has 0 bridgehead atoms. The Labute approximate surface area is 216 Å². The standard InChI is InChI=1S/C24H25FN8OS2/c1-4-18-21(31(3)22-28-20(19(13-26)35-22)15-5-7-16(25)8-6-15)33-23(27-18)36-24(29-33)32-10-9-17(14-32)30(2)11-12-34/h5-8,12,17H,4,9-11,14H2,1-3H3. The van der Waals surface area contributed by atoms with Crippen molar-refractivity contribution in [1.29, 1.82) is 5.26 Å². The van der Waals surface area contributed by atoms with E-state index in [4.69, 9.17) is 15.1 Å². The molecule has 36 heavy (non-hydrogen) atoms. The predicted molar refractivity (Wildman–Crippen MR) is 140 cm³/mol. The highest BCUT2D eigenvalue weighted by Crippen LogP contribution is 2.38. The molecule has 0 spiro atoms. The fraction of sp³-hybridized carbons (Fsp3) is 0.375. The molecule has 1 saturated heterocycles. The Kier molecular flexibility index (Phi) is 6.70. The Morgan fingerprint density at radius 3 is 2.72 bits per heavy atom. The third-order valence-corrected chi connectivity index (χ3v) is 8.44. The van der Waals surface area contributed by atoms with Gasteiger partial charge in [-0.05, 0) is 44.2 Å². The van der Waals surface area contributed by atoms with E-state index in [0.29, 0.717) is 40.3 Å². The summed E-state index contributed by atoms with van der Waals surface area (Å²) in [5, 5.41) is 16.2. The maximum Gasteiger partial charge on any atom is 0.216 e. The van der Waals surface area contributed by atoms with Crippen LogP contribution < -0.4 is 9.80 Å². The van der Waals surface area contributed by atoms with E-state index in [2.05, 4.69) is 15.9 Å². The number of imidazole rings is 1. The summed E-state index contributed by atoms with van der Waals surface area (Å²) in [6, 6.07) is 8.53. The lowest BCUT2D eigenvalue weighted by Crippen LogP contribution is -2.35. The van der Waals surface area contributed by atoms with Crippen LogP contribution in [0.1, 0.15) is 23.9 Å². The van der Waals surface area contributed by atoms with E-state index in [1.807, 2.05) is 30.4 Å². The molecule has 0 radical (unpaired) electrons. The maximum absolute atomic E-state index is 13.4. The number of nitriles is 1. The van der Waals surface area contributed by atoms with Crippen molar-refractivity contribution in [2.75, 3.05) is 43.5 Å². The molecule has 0 saturated carbocycles. The molecule has 1 aromatic carbocycles. The van der Waals surface area contributed by atoms with E-state index in [-0.39, 0.29) is 5.82 Å². The summed E-state index contributed by atoms with van der Waals surface area (Å²) >= 11 is 2.83. The Bertz CT molecular complexity index is 1440. The maximum atomic E-state index is 13.4. The van der Waals surface area contributed by atoms with Crippen LogP contribution in [-0.4, -0.2) is 70.5 Å². The van der Waals surface area contributed by atoms with Crippen LogP contribution in [0.25, 0.3) is 16.2 Å². The van der Waals surface area contributed by atoms with Gasteiger partial charge in [-0.1, -0.05) is 29.6 Å². The number of carbonyl (C=O) groups excluding carboxylic acids is 1. The number of halogens is 1. The highest BCUT2D eigenvalue weighted by molar-refractivity contribution is 7.20. The van der Waals surface area contributed by atoms with Gasteiger partial charge in [-0.15, -0.1) is 5.10 Å². The molecular formula is C24H25FN8OS2. The number of anilines is 3. The fourth-order valence-corrected chi connectivity index (χ4v) is 6.23. The zero-order valence-electron chi connectivity index (χ0n) is 20.2. The van der Waals surface area contributed by atoms with Crippen LogP contribution in [0.5, 0.6) is 0 Å². The second kappa shape index (κ2) is 9.93. The van der Waals surface area contributed by atoms with Crippen molar-refractivity contribution in [3.8, 4) is 17.3 Å². The number of aryl methyl sites for hydroxylation is 1. The molecule has 0 aliphatic carbocycles. The van der Waals surface area contributed by atoms with Crippen LogP contribution in [0.2, 0.25) is 0 Å². The van der Waals surface area contributed by atoms with E-state index < -0.39 is 0 Å². The van der Waals surface area contributed by atoms with Gasteiger partial charge in [-0.2, -0.15) is 9.78 Å². The Balaban J connectivity index is 1.47. The second-order valence-electron chi connectivity index (χ2n) is 8.66. The van der Waals surface area contributed by atoms with Crippen LogP contribution in [-0.2, 0) is 11.2 Å². The quantitative estimate of drug-likeness (QED) is 0.320. The molecule has 12 heteroatoms. The van der Waals surface area contributed by atoms with Crippen LogP contribution in [0.4, 0.5) is 20.5 Å². The van der Waals surface area contributed by atoms with Crippen molar-refractivity contribution in [3.63, 3.8) is 0 Å². The van der Waals surface area contributed by atoms with Gasteiger partial charge in [0.25, 0.3) is 0 Å². The molecule has 1 aliphatic heterocycles. The minimum Gasteiger partial charge on any atom is -0.345 e. The Morgan fingerprint density at radius 2 is 2.03 bits per heavy atom. The molecule has 5 rings (SSSR count). The minimum atomic E-state index is -0.335. The summed E-state index contributed by atoms with van der Waals surface area (Å²) in [7, 11) is 3.87. The molecule has 1 unspecified atom stereocenters. The first-order valence-electron chi connectivity index (χ1n) is 11.6. The summed E-state index contributed by atoms with van der Waals surface area (Å²) in [5.41, 5.74) is 2.12. The van der Waals surface area contributed by atoms with Gasteiger partial charge in [0.2, 0.25) is 10.1 Å². The lowest BCUT2D eigenvalue weighted by Gasteiger charge is -2.22. The monoisotopic (exact) mass is 524 g/mol. The Hall–Kier alpha value is -3.40. The summed E-state index contributed by atoms with van der Waals surface area (Å²) in [5.74, 6) is 0.478. The van der Waals surface area contributed by atoms with Crippen molar-refractivity contribution in [1.82, 2.24) is 24.5 Å². The molecule has 0 amide bonds. The van der Waals surface area contributed by atoms with E-state index in [1.54, 1.807) is 23.5 Å². The third kappa shape index (κ3) is 4.34. The van der Waals surface area contributed by atoms with Crippen molar-refractivity contribution in [2.24, 2.45) is 0 Å². The largest absolute Gasteiger partial charge is 0.345 e. The Morgan fingerprint density at radius 1 is 1.25 bits per heavy atom. The number of hydrogen-bond acceptors (Lipinski definition) is 10. The van der Waals surface area contributed by atoms with Gasteiger partial charge in [0.1, 0.15) is 28.7 Å². The zero-order chi connectivity index (χ0) is 25.4. The number of fused-ring (bicyclic) bond motifs is 1. The molecular weight excluding hydrogens is 499 g/mol. The van der Waals surface area contributed by atoms with Crippen molar-refractivity contribution in [3.05, 3.63) is 40.7 Å². The van der Waals surface area contributed by atoms with Crippen LogP contribution in [0.15, 0.2) is 24.3 Å². The molecule has 4 aromatic rings. The van der Waals surface area contributed by atoms with Crippen molar-refractivity contribution in [2.45, 2.75) is 25.8 Å². The fourth-order valence-electron chi connectivity index (χ4n) is 4.43. The number of likely N-dealkylation sites (N-methyl/N-ethyl adjacent to an activating group) is 1. The van der Waals surface area contributed by atoms with Crippen LogP contribution >= 0.6 is 22.7 Å². The molecule has 0 N–H and O–H groups in total. The molecule has 4 heterocycles. The highest BCUT2D eigenvalue weighted by atomic mass is 32.1. The summed E-state index contributed by atoms with van der Waals surface area (Å²) in [4.78, 5) is 28.0. The topological polar surface area (TPSA) is 93.7 Å². The minimum absolute atomic E-state index is 0.310. The molecule has 186 valence electrons. The summed E-state index contributed by atoms with van der Waals surface area (Å²) < 4.78 is 15.3. The van der Waals surface area contributed by atoms with Crippen LogP contribution in [0, 0.1) is 17.1 Å². The molecule has 1 aliphatic rings. The van der Waals surface area contributed by atoms with Crippen LogP contribution in [0.3, 0.4) is 0 Å². The van der Waals surface area contributed by atoms with Gasteiger partial charge in [0.05, 0.1) is 12.2 Å². The van der Waals surface area contributed by atoms with Crippen molar-refractivity contribution < 1.29 is 9.18 Å². The smallest absolute Gasteiger partial charge is 0.216 e. The van der Waals surface area contributed by atoms with Gasteiger partial charge in [-0.3, -0.25) is 4.90 Å². The lowest BCUT2D eigenvalue weighted by molar-refractivity contribution is -0.108. The average Bonchev–Trinajstić information content (AvgIpc) is 3.66. The third-order valence-electron chi connectivity index (χ3n) is 6.43. The number of hydrogen-bond donors (Lipinski definition) is 0. The van der Waals surface area contributed by atoms with E-state index in [1.165, 1.54) is 23.5 Å². The van der Waals surface area contributed by atoms with E-state index in [0.717, 1.165) is 47.4 Å². The van der Waals surface area contributed by atoms with Crippen molar-refractivity contribution >= 4 is 50.0 Å². The number of rotatable bonds is 8. The van der Waals surface area contributed by atoms with Gasteiger partial charge in [0, 0.05) is 31.7 Å². The summed E-state index contributed by atoms with van der Waals surface area (Å²) in [6.07, 6.45) is 2.63. The number of thiazole rings is 1. The average molecular weight is 525 g/mol. The van der Waals surface area contributed by atoms with Gasteiger partial charge in [0.15, 0.2) is 10.9 Å². The molecule has 1 fully saturated rings. The number of nitrogens with zero attached hydrogens (tertiary/aromatic N) is 8. The molecule has 3 aromatic heterocycles. The first-order chi connectivity index (χ1) is 17.4. The summed E-state index contributed by atoms with van der Waals surface area (Å²) in [6.45, 7) is 4.15. The van der Waals surface area contributed by atoms with E-state index in [9.17, 15) is 14.4 Å². The number of aromatic nitrogens is 4. The number of carbonyl (C=O) groups is 1. The first kappa shape index (κ1) is 24.3. The predicted octanol–water partition coefficient (Wildman–Crippen LogP) is 3.96. The normalized spacial score (nSPS) is 15.7. The highest BCUT2D eigenvalue weighted by Gasteiger charge is 2.29. The SMILES string of the molecule is CCc1nc2sc(N3CCC(N(C)CC=O)C3)nn2c1N(C)c1nc(-c2ccc(F)cc2)c(C#N)s1. The number of benzene rings is 1. The molecule has 9 nitrogen and oxygen atoms in total. The van der Waals surface area contributed by atoms with Gasteiger partial charge < -0.3 is 14.6 Å². The second-order valence-corrected chi connectivity index (χ2v) is 10.6. The van der Waals surface area contributed by atoms with E-state index >= 15 is 0 Å². The number of aldehydes is 1. The lowest BCUT2D eigenvalue weighted by atomic mass is 10.1. The zero-order valence-corrected chi connectivity index (χ0v) is 21.8. The first-order valence-corrected chi connectivity index (χ1v) is 13.2.